The number of ether oxygens (including phenoxy) is 1. The van der Waals surface area contributed by atoms with Crippen LogP contribution in [0.25, 0.3) is 0 Å². The van der Waals surface area contributed by atoms with Gasteiger partial charge in [0.15, 0.2) is 0 Å². The molecule has 0 aliphatic heterocycles. The molecule has 0 spiro atoms. The van der Waals surface area contributed by atoms with Crippen LogP contribution in [0.4, 0.5) is 0 Å². The van der Waals surface area contributed by atoms with Gasteiger partial charge < -0.3 is 14.5 Å². The average Bonchev–Trinajstić information content (AvgIpc) is 3.20. The van der Waals surface area contributed by atoms with Crippen LogP contribution in [0.2, 0.25) is 0 Å². The molecular formula is C22H27N3O3S. The van der Waals surface area contributed by atoms with E-state index in [1.807, 2.05) is 24.3 Å². The molecule has 7 heteroatoms. The molecule has 1 N–H and O–H groups in total. The highest BCUT2D eigenvalue weighted by atomic mass is 32.2. The fraction of sp³-hybridized carbons (Fsp3) is 0.591. The second kappa shape index (κ2) is 7.67. The summed E-state index contributed by atoms with van der Waals surface area (Å²) in [5, 5.41) is 12.1. The molecule has 154 valence electrons. The van der Waals surface area contributed by atoms with Gasteiger partial charge >= 0.3 is 0 Å². The zero-order valence-electron chi connectivity index (χ0n) is 16.7. The van der Waals surface area contributed by atoms with E-state index in [0.29, 0.717) is 11.8 Å². The van der Waals surface area contributed by atoms with Crippen molar-refractivity contribution in [2.75, 3.05) is 12.9 Å². The zero-order valence-corrected chi connectivity index (χ0v) is 17.5. The Bertz CT molecular complexity index is 862. The summed E-state index contributed by atoms with van der Waals surface area (Å²) in [6.45, 7) is 0.471. The van der Waals surface area contributed by atoms with E-state index in [9.17, 15) is 4.79 Å². The number of rotatable bonds is 7. The van der Waals surface area contributed by atoms with Gasteiger partial charge in [-0.05, 0) is 74.0 Å². The van der Waals surface area contributed by atoms with E-state index in [-0.39, 0.29) is 17.1 Å². The largest absolute Gasteiger partial charge is 0.497 e. The van der Waals surface area contributed by atoms with Gasteiger partial charge in [-0.15, -0.1) is 10.2 Å². The molecule has 6 nitrogen and oxygen atoms in total. The first-order chi connectivity index (χ1) is 14.1. The summed E-state index contributed by atoms with van der Waals surface area (Å²) in [5.74, 6) is 4.34. The molecule has 0 saturated heterocycles. The molecule has 1 aromatic heterocycles. The van der Waals surface area contributed by atoms with Crippen LogP contribution in [0.5, 0.6) is 5.75 Å². The van der Waals surface area contributed by atoms with Crippen molar-refractivity contribution in [3.05, 3.63) is 35.7 Å². The summed E-state index contributed by atoms with van der Waals surface area (Å²) in [5.41, 5.74) is 1.11. The van der Waals surface area contributed by atoms with E-state index in [4.69, 9.17) is 9.15 Å². The molecule has 4 aliphatic rings. The fourth-order valence-electron chi connectivity index (χ4n) is 6.02. The van der Waals surface area contributed by atoms with E-state index in [2.05, 4.69) is 15.5 Å². The summed E-state index contributed by atoms with van der Waals surface area (Å²) in [4.78, 5) is 12.2. The minimum atomic E-state index is -0.0487. The van der Waals surface area contributed by atoms with E-state index < -0.39 is 0 Å². The minimum absolute atomic E-state index is 0.0487. The second-order valence-corrected chi connectivity index (χ2v) is 9.91. The summed E-state index contributed by atoms with van der Waals surface area (Å²) in [6.07, 6.45) is 7.78. The summed E-state index contributed by atoms with van der Waals surface area (Å²) < 4.78 is 11.3. The Kier molecular flexibility index (Phi) is 5.02. The Morgan fingerprint density at radius 1 is 1.21 bits per heavy atom. The number of nitrogens with one attached hydrogen (secondary N) is 1. The molecule has 4 saturated carbocycles. The first-order valence-corrected chi connectivity index (χ1v) is 11.5. The third kappa shape index (κ3) is 3.89. The number of hydrogen-bond acceptors (Lipinski definition) is 6. The normalized spacial score (nSPS) is 29.8. The van der Waals surface area contributed by atoms with E-state index in [0.717, 1.165) is 35.0 Å². The molecule has 4 bridgehead atoms. The lowest BCUT2D eigenvalue weighted by atomic mass is 9.49. The van der Waals surface area contributed by atoms with Crippen LogP contribution in [0.1, 0.15) is 50.0 Å². The number of methoxy groups -OCH3 is 1. The summed E-state index contributed by atoms with van der Waals surface area (Å²) >= 11 is 1.32. The van der Waals surface area contributed by atoms with Crippen molar-refractivity contribution in [3.63, 3.8) is 0 Å². The molecule has 0 unspecified atom stereocenters. The van der Waals surface area contributed by atoms with Crippen molar-refractivity contribution < 1.29 is 13.9 Å². The summed E-state index contributed by atoms with van der Waals surface area (Å²) in [6, 6.07) is 7.69. The molecule has 4 aliphatic carbocycles. The number of benzene rings is 1. The lowest BCUT2D eigenvalue weighted by molar-refractivity contribution is -0.118. The number of hydrogen-bond donors (Lipinski definition) is 1. The average molecular weight is 414 g/mol. The Morgan fingerprint density at radius 2 is 1.93 bits per heavy atom. The smallest absolute Gasteiger partial charge is 0.277 e. The second-order valence-electron chi connectivity index (χ2n) is 8.99. The highest BCUT2D eigenvalue weighted by Crippen LogP contribution is 2.60. The number of nitrogens with zero attached hydrogens (tertiary/aromatic N) is 2. The maximum absolute atomic E-state index is 12.2. The van der Waals surface area contributed by atoms with E-state index in [1.165, 1.54) is 50.3 Å². The highest BCUT2D eigenvalue weighted by molar-refractivity contribution is 7.99. The van der Waals surface area contributed by atoms with Crippen LogP contribution in [0.3, 0.4) is 0 Å². The van der Waals surface area contributed by atoms with Gasteiger partial charge in [-0.2, -0.15) is 0 Å². The van der Waals surface area contributed by atoms with Gasteiger partial charge in [-0.3, -0.25) is 4.79 Å². The highest BCUT2D eigenvalue weighted by Gasteiger charge is 2.54. The molecule has 29 heavy (non-hydrogen) atoms. The van der Waals surface area contributed by atoms with Crippen molar-refractivity contribution in [2.24, 2.45) is 17.8 Å². The van der Waals surface area contributed by atoms with Crippen molar-refractivity contribution in [1.29, 1.82) is 0 Å². The van der Waals surface area contributed by atoms with Crippen molar-refractivity contribution >= 4 is 17.7 Å². The number of carbonyl (C=O) groups excluding carboxylic acids is 1. The van der Waals surface area contributed by atoms with Gasteiger partial charge in [0.2, 0.25) is 11.8 Å². The van der Waals surface area contributed by atoms with Crippen LogP contribution in [-0.2, 0) is 16.8 Å². The Morgan fingerprint density at radius 3 is 2.62 bits per heavy atom. The van der Waals surface area contributed by atoms with Crippen molar-refractivity contribution in [3.8, 4) is 5.75 Å². The van der Waals surface area contributed by atoms with Crippen molar-refractivity contribution in [2.45, 2.75) is 55.7 Å². The molecular weight excluding hydrogens is 386 g/mol. The molecule has 0 atom stereocenters. The zero-order chi connectivity index (χ0) is 19.8. The van der Waals surface area contributed by atoms with Crippen LogP contribution < -0.4 is 10.1 Å². The minimum Gasteiger partial charge on any atom is -0.497 e. The van der Waals surface area contributed by atoms with Crippen LogP contribution in [0.15, 0.2) is 33.9 Å². The lowest BCUT2D eigenvalue weighted by Crippen LogP contribution is -2.48. The van der Waals surface area contributed by atoms with Gasteiger partial charge in [0, 0.05) is 12.0 Å². The van der Waals surface area contributed by atoms with Crippen LogP contribution in [0, 0.1) is 17.8 Å². The maximum Gasteiger partial charge on any atom is 0.277 e. The topological polar surface area (TPSA) is 77.2 Å². The first kappa shape index (κ1) is 19.0. The maximum atomic E-state index is 12.2. The SMILES string of the molecule is COc1cccc(CNC(=O)CSc2nnc(C34CC5CC(CC(C5)C3)C4)o2)c1. The van der Waals surface area contributed by atoms with Gasteiger partial charge in [0.1, 0.15) is 5.75 Å². The molecule has 1 heterocycles. The number of carbonyl (C=O) groups is 1. The van der Waals surface area contributed by atoms with E-state index in [1.54, 1.807) is 7.11 Å². The fourth-order valence-corrected chi connectivity index (χ4v) is 6.61. The number of amides is 1. The summed E-state index contributed by atoms with van der Waals surface area (Å²) in [7, 11) is 1.64. The molecule has 1 aromatic carbocycles. The Balaban J connectivity index is 1.15. The van der Waals surface area contributed by atoms with Gasteiger partial charge in [0.05, 0.1) is 12.9 Å². The Labute approximate surface area is 175 Å². The number of thioether (sulfide) groups is 1. The number of aromatic nitrogens is 2. The molecule has 4 fully saturated rings. The predicted molar refractivity (Wildman–Crippen MR) is 110 cm³/mol. The van der Waals surface area contributed by atoms with Gasteiger partial charge in [-0.1, -0.05) is 23.9 Å². The van der Waals surface area contributed by atoms with Gasteiger partial charge in [-0.25, -0.2) is 0 Å². The monoisotopic (exact) mass is 413 g/mol. The van der Waals surface area contributed by atoms with Crippen LogP contribution in [-0.4, -0.2) is 29.0 Å². The molecule has 0 radical (unpaired) electrons. The molecule has 6 rings (SSSR count). The quantitative estimate of drug-likeness (QED) is 0.693. The van der Waals surface area contributed by atoms with Gasteiger partial charge in [0.25, 0.3) is 5.22 Å². The third-order valence-corrected chi connectivity index (χ3v) is 7.67. The van der Waals surface area contributed by atoms with E-state index >= 15 is 0 Å². The lowest BCUT2D eigenvalue weighted by Gasteiger charge is -2.55. The predicted octanol–water partition coefficient (Wildman–Crippen LogP) is 3.95. The molecule has 2 aromatic rings. The first-order valence-electron chi connectivity index (χ1n) is 10.5. The third-order valence-electron chi connectivity index (χ3n) is 6.85. The Hall–Kier alpha value is -2.02. The van der Waals surface area contributed by atoms with Crippen LogP contribution >= 0.6 is 11.8 Å². The molecule has 1 amide bonds. The standard InChI is InChI=1S/C22H27N3O3S/c1-27-18-4-2-3-14(8-18)12-23-19(26)13-29-21-25-24-20(28-21)22-9-15-5-16(10-22)7-17(6-15)11-22/h2-4,8,15-17H,5-7,9-13H2,1H3,(H,23,26). The van der Waals surface area contributed by atoms with Crippen molar-refractivity contribution in [1.82, 2.24) is 15.5 Å².